The molecule has 2 bridgehead atoms. The minimum absolute atomic E-state index is 0.109. The van der Waals surface area contributed by atoms with Gasteiger partial charge in [-0.25, -0.2) is 0 Å². The van der Waals surface area contributed by atoms with E-state index in [0.29, 0.717) is 17.7 Å². The molecule has 4 heteroatoms. The molecule has 0 unspecified atom stereocenters. The Balaban J connectivity index is 1.35. The average molecular weight is 349 g/mol. The molecule has 136 valence electrons. The van der Waals surface area contributed by atoms with E-state index >= 15 is 0 Å². The molecule has 1 aliphatic carbocycles. The molecule has 4 nitrogen and oxygen atoms in total. The SMILES string of the molecule is O=C(c1cc2ccccc2cn1)N1C[C@@H]2CC[C@H](C1)N(CC1CCC1)C2. The van der Waals surface area contributed by atoms with E-state index in [1.165, 1.54) is 45.2 Å². The van der Waals surface area contributed by atoms with Gasteiger partial charge in [-0.15, -0.1) is 0 Å². The largest absolute Gasteiger partial charge is 0.335 e. The van der Waals surface area contributed by atoms with Crippen LogP contribution in [0, 0.1) is 11.8 Å². The van der Waals surface area contributed by atoms with Crippen LogP contribution in [0.5, 0.6) is 0 Å². The molecule has 0 N–H and O–H groups in total. The highest BCUT2D eigenvalue weighted by molar-refractivity contribution is 5.96. The van der Waals surface area contributed by atoms with E-state index in [2.05, 4.69) is 20.9 Å². The van der Waals surface area contributed by atoms with Gasteiger partial charge >= 0.3 is 0 Å². The van der Waals surface area contributed by atoms with Gasteiger partial charge < -0.3 is 4.90 Å². The number of aromatic nitrogens is 1. The van der Waals surface area contributed by atoms with Gasteiger partial charge in [0.05, 0.1) is 0 Å². The number of hydrogen-bond acceptors (Lipinski definition) is 3. The Morgan fingerprint density at radius 1 is 1.04 bits per heavy atom. The molecule has 4 aliphatic rings. The first-order valence-corrected chi connectivity index (χ1v) is 10.1. The highest BCUT2D eigenvalue weighted by Gasteiger charge is 2.38. The topological polar surface area (TPSA) is 36.4 Å². The lowest BCUT2D eigenvalue weighted by atomic mass is 9.83. The summed E-state index contributed by atoms with van der Waals surface area (Å²) in [6.45, 7) is 4.19. The standard InChI is InChI=1S/C22H27N3O/c26-22(21-10-18-6-1-2-7-19(18)11-23-21)25-14-17-8-9-20(15-25)24(13-17)12-16-4-3-5-16/h1-2,6-7,10-11,16-17,20H,3-5,8-9,12-15H2/t17-,20-/m1/s1. The Hall–Kier alpha value is -1.94. The smallest absolute Gasteiger partial charge is 0.272 e. The maximum absolute atomic E-state index is 13.2. The van der Waals surface area contributed by atoms with Gasteiger partial charge in [0, 0.05) is 43.8 Å². The van der Waals surface area contributed by atoms with Gasteiger partial charge in [-0.1, -0.05) is 30.7 Å². The van der Waals surface area contributed by atoms with Crippen LogP contribution in [-0.4, -0.2) is 52.9 Å². The van der Waals surface area contributed by atoms with E-state index in [9.17, 15) is 4.79 Å². The first-order valence-electron chi connectivity index (χ1n) is 10.1. The average Bonchev–Trinajstić information content (AvgIpc) is 2.95. The van der Waals surface area contributed by atoms with Crippen LogP contribution in [0.1, 0.15) is 42.6 Å². The second kappa shape index (κ2) is 6.66. The number of pyridine rings is 1. The molecule has 4 fully saturated rings. The summed E-state index contributed by atoms with van der Waals surface area (Å²) < 4.78 is 0. The van der Waals surface area contributed by atoms with Crippen LogP contribution in [0.15, 0.2) is 36.5 Å². The fourth-order valence-electron chi connectivity index (χ4n) is 4.94. The van der Waals surface area contributed by atoms with E-state index in [1.807, 2.05) is 30.5 Å². The lowest BCUT2D eigenvalue weighted by Gasteiger charge is -2.40. The molecule has 3 saturated heterocycles. The van der Waals surface area contributed by atoms with Crippen LogP contribution in [-0.2, 0) is 0 Å². The van der Waals surface area contributed by atoms with Crippen molar-refractivity contribution in [3.05, 3.63) is 42.2 Å². The predicted molar refractivity (Wildman–Crippen MR) is 103 cm³/mol. The van der Waals surface area contributed by atoms with Crippen molar-refractivity contribution >= 4 is 16.7 Å². The molecule has 1 aromatic heterocycles. The van der Waals surface area contributed by atoms with Crippen LogP contribution in [0.25, 0.3) is 10.8 Å². The fourth-order valence-corrected chi connectivity index (χ4v) is 4.94. The number of nitrogens with zero attached hydrogens (tertiary/aromatic N) is 3. The second-order valence-electron chi connectivity index (χ2n) is 8.47. The molecule has 1 amide bonds. The van der Waals surface area contributed by atoms with Crippen LogP contribution in [0.2, 0.25) is 0 Å². The molecule has 1 aromatic carbocycles. The molecule has 3 aliphatic heterocycles. The number of carbonyl (C=O) groups is 1. The van der Waals surface area contributed by atoms with Gasteiger partial charge in [0.15, 0.2) is 0 Å². The summed E-state index contributed by atoms with van der Waals surface area (Å²) in [5.41, 5.74) is 0.593. The van der Waals surface area contributed by atoms with Gasteiger partial charge in [0.2, 0.25) is 0 Å². The minimum Gasteiger partial charge on any atom is -0.335 e. The van der Waals surface area contributed by atoms with E-state index in [4.69, 9.17) is 0 Å². The Bertz CT molecular complexity index is 816. The Labute approximate surface area is 155 Å². The van der Waals surface area contributed by atoms with Crippen LogP contribution in [0.4, 0.5) is 0 Å². The summed E-state index contributed by atoms with van der Waals surface area (Å²) in [7, 11) is 0. The van der Waals surface area contributed by atoms with Crippen molar-refractivity contribution < 1.29 is 4.79 Å². The monoisotopic (exact) mass is 349 g/mol. The summed E-state index contributed by atoms with van der Waals surface area (Å²) in [5.74, 6) is 1.64. The summed E-state index contributed by atoms with van der Waals surface area (Å²) in [5, 5.41) is 2.18. The summed E-state index contributed by atoms with van der Waals surface area (Å²) in [6, 6.07) is 10.6. The molecule has 6 rings (SSSR count). The number of carbonyl (C=O) groups excluding carboxylic acids is 1. The molecule has 4 heterocycles. The normalized spacial score (nSPS) is 26.7. The number of rotatable bonds is 3. The summed E-state index contributed by atoms with van der Waals surface area (Å²) in [6.07, 6.45) is 8.55. The fraction of sp³-hybridized carbons (Fsp3) is 0.545. The molecule has 0 spiro atoms. The molecule has 2 atom stereocenters. The zero-order valence-electron chi connectivity index (χ0n) is 15.3. The zero-order chi connectivity index (χ0) is 17.5. The third-order valence-electron chi connectivity index (χ3n) is 6.68. The van der Waals surface area contributed by atoms with E-state index in [-0.39, 0.29) is 5.91 Å². The number of piperidine rings is 1. The third kappa shape index (κ3) is 3.01. The van der Waals surface area contributed by atoms with Gasteiger partial charge in [0.25, 0.3) is 5.91 Å². The van der Waals surface area contributed by atoms with Gasteiger partial charge in [-0.2, -0.15) is 0 Å². The van der Waals surface area contributed by atoms with Gasteiger partial charge in [-0.05, 0) is 49.0 Å². The molecule has 1 saturated carbocycles. The highest BCUT2D eigenvalue weighted by atomic mass is 16.2. The molecular weight excluding hydrogens is 322 g/mol. The predicted octanol–water partition coefficient (Wildman–Crippen LogP) is 3.57. The summed E-state index contributed by atoms with van der Waals surface area (Å²) in [4.78, 5) is 22.4. The van der Waals surface area contributed by atoms with E-state index in [1.54, 1.807) is 0 Å². The lowest BCUT2D eigenvalue weighted by molar-refractivity contribution is 0.0712. The van der Waals surface area contributed by atoms with Crippen LogP contribution in [0.3, 0.4) is 0 Å². The molecular formula is C22H27N3O. The molecule has 2 aromatic rings. The van der Waals surface area contributed by atoms with Crippen molar-refractivity contribution in [2.24, 2.45) is 11.8 Å². The molecule has 26 heavy (non-hydrogen) atoms. The zero-order valence-corrected chi connectivity index (χ0v) is 15.3. The Morgan fingerprint density at radius 3 is 2.69 bits per heavy atom. The van der Waals surface area contributed by atoms with Crippen molar-refractivity contribution in [1.29, 1.82) is 0 Å². The lowest BCUT2D eigenvalue weighted by Crippen LogP contribution is -2.47. The first kappa shape index (κ1) is 16.2. The summed E-state index contributed by atoms with van der Waals surface area (Å²) >= 11 is 0. The van der Waals surface area contributed by atoms with Crippen LogP contribution < -0.4 is 0 Å². The van der Waals surface area contributed by atoms with Gasteiger partial charge in [0.1, 0.15) is 5.69 Å². The third-order valence-corrected chi connectivity index (χ3v) is 6.68. The van der Waals surface area contributed by atoms with Crippen molar-refractivity contribution in [2.45, 2.75) is 38.1 Å². The van der Waals surface area contributed by atoms with Crippen molar-refractivity contribution in [2.75, 3.05) is 26.2 Å². The Morgan fingerprint density at radius 2 is 1.88 bits per heavy atom. The number of benzene rings is 1. The first-order chi connectivity index (χ1) is 12.8. The maximum Gasteiger partial charge on any atom is 0.272 e. The van der Waals surface area contributed by atoms with Gasteiger partial charge in [-0.3, -0.25) is 14.7 Å². The van der Waals surface area contributed by atoms with Crippen molar-refractivity contribution in [1.82, 2.24) is 14.8 Å². The van der Waals surface area contributed by atoms with Crippen molar-refractivity contribution in [3.8, 4) is 0 Å². The number of fused-ring (bicyclic) bond motifs is 5. The van der Waals surface area contributed by atoms with Crippen LogP contribution >= 0.6 is 0 Å². The minimum atomic E-state index is 0.109. The van der Waals surface area contributed by atoms with E-state index < -0.39 is 0 Å². The molecule has 0 radical (unpaired) electrons. The quantitative estimate of drug-likeness (QED) is 0.850. The van der Waals surface area contributed by atoms with E-state index in [0.717, 1.165) is 29.8 Å². The second-order valence-corrected chi connectivity index (χ2v) is 8.47. The Kier molecular flexibility index (Phi) is 4.16. The number of hydrogen-bond donors (Lipinski definition) is 0. The maximum atomic E-state index is 13.2. The highest BCUT2D eigenvalue weighted by Crippen LogP contribution is 2.33. The number of amides is 1. The van der Waals surface area contributed by atoms with Crippen molar-refractivity contribution in [3.63, 3.8) is 0 Å².